The van der Waals surface area contributed by atoms with Crippen LogP contribution in [0.5, 0.6) is 0 Å². The van der Waals surface area contributed by atoms with Gasteiger partial charge in [0.25, 0.3) is 0 Å². The van der Waals surface area contributed by atoms with Gasteiger partial charge in [-0.2, -0.15) is 11.3 Å². The van der Waals surface area contributed by atoms with Gasteiger partial charge in [0, 0.05) is 11.8 Å². The van der Waals surface area contributed by atoms with Crippen LogP contribution in [0.3, 0.4) is 0 Å². The smallest absolute Gasteiger partial charge is 0.0284 e. The summed E-state index contributed by atoms with van der Waals surface area (Å²) in [5, 5.41) is 7.38. The van der Waals surface area contributed by atoms with Crippen molar-refractivity contribution in [2.45, 2.75) is 11.8 Å². The molecule has 0 saturated heterocycles. The highest BCUT2D eigenvalue weighted by Gasteiger charge is 2.34. The van der Waals surface area contributed by atoms with Crippen molar-refractivity contribution in [1.82, 2.24) is 0 Å². The van der Waals surface area contributed by atoms with E-state index in [2.05, 4.69) is 59.3 Å². The molecule has 1 aromatic heterocycles. The highest BCUT2D eigenvalue weighted by atomic mass is 32.1. The molecule has 0 radical (unpaired) electrons. The molecule has 0 spiro atoms. The average molecular weight is 260 g/mol. The summed E-state index contributed by atoms with van der Waals surface area (Å²) in [5.41, 5.74) is 6.08. The van der Waals surface area contributed by atoms with Crippen molar-refractivity contribution in [3.63, 3.8) is 0 Å². The van der Waals surface area contributed by atoms with E-state index in [-0.39, 0.29) is 0 Å². The van der Waals surface area contributed by atoms with Crippen LogP contribution in [0.4, 0.5) is 0 Å². The molecule has 19 heavy (non-hydrogen) atoms. The van der Waals surface area contributed by atoms with E-state index in [0.717, 1.165) is 0 Å². The zero-order valence-corrected chi connectivity index (χ0v) is 11.2. The second kappa shape index (κ2) is 3.37. The topological polar surface area (TPSA) is 0 Å². The first-order valence-corrected chi connectivity index (χ1v) is 7.63. The molecule has 90 valence electrons. The number of fused-ring (bicyclic) bond motifs is 1. The molecule has 0 fully saturated rings. The van der Waals surface area contributed by atoms with Gasteiger partial charge in [-0.25, -0.2) is 0 Å². The van der Waals surface area contributed by atoms with E-state index in [1.54, 1.807) is 0 Å². The molecular weight excluding hydrogens is 248 g/mol. The number of rotatable bonds is 0. The predicted molar refractivity (Wildman–Crippen MR) is 81.1 cm³/mol. The summed E-state index contributed by atoms with van der Waals surface area (Å²) in [5.74, 6) is 0.955. The van der Waals surface area contributed by atoms with Crippen molar-refractivity contribution >= 4 is 22.1 Å². The molecule has 0 nitrogen and oxygen atoms in total. The summed E-state index contributed by atoms with van der Waals surface area (Å²) >= 11 is 1.84. The summed E-state index contributed by atoms with van der Waals surface area (Å²) in [4.78, 5) is 0. The quantitative estimate of drug-likeness (QED) is 0.496. The lowest BCUT2D eigenvalue weighted by molar-refractivity contribution is 0.823. The normalized spacial score (nSPS) is 22.5. The van der Waals surface area contributed by atoms with Crippen LogP contribution in [0.25, 0.3) is 10.8 Å². The van der Waals surface area contributed by atoms with Gasteiger partial charge < -0.3 is 0 Å². The van der Waals surface area contributed by atoms with Crippen LogP contribution < -0.4 is 0 Å². The van der Waals surface area contributed by atoms with Crippen LogP contribution in [0, 0.1) is 0 Å². The van der Waals surface area contributed by atoms with Crippen LogP contribution >= 0.6 is 11.3 Å². The fourth-order valence-corrected chi connectivity index (χ4v) is 4.54. The first-order chi connectivity index (χ1) is 9.42. The monoisotopic (exact) mass is 260 g/mol. The molecule has 1 heteroatoms. The van der Waals surface area contributed by atoms with Gasteiger partial charge in [0.1, 0.15) is 0 Å². The van der Waals surface area contributed by atoms with Gasteiger partial charge in [0.15, 0.2) is 0 Å². The van der Waals surface area contributed by atoms with Gasteiger partial charge in [-0.3, -0.25) is 0 Å². The molecule has 2 bridgehead atoms. The second-order valence-electron chi connectivity index (χ2n) is 5.45. The van der Waals surface area contributed by atoms with Crippen LogP contribution in [0.1, 0.15) is 34.1 Å². The number of hydrogen-bond acceptors (Lipinski definition) is 1. The Bertz CT molecular complexity index is 771. The zero-order valence-electron chi connectivity index (χ0n) is 10.3. The Hall–Kier alpha value is -1.86. The third-order valence-corrected chi connectivity index (χ3v) is 5.29. The van der Waals surface area contributed by atoms with Crippen molar-refractivity contribution < 1.29 is 0 Å². The maximum atomic E-state index is 2.40. The Balaban J connectivity index is 1.88. The van der Waals surface area contributed by atoms with E-state index in [1.807, 2.05) is 11.3 Å². The summed E-state index contributed by atoms with van der Waals surface area (Å²) in [6.45, 7) is 0. The Morgan fingerprint density at radius 1 is 0.684 bits per heavy atom. The Morgan fingerprint density at radius 2 is 1.21 bits per heavy atom. The SMILES string of the molecule is C1=CC2c3cscc3C1c1cc3ccccc3cc12. The van der Waals surface area contributed by atoms with Crippen molar-refractivity contribution in [3.8, 4) is 0 Å². The van der Waals surface area contributed by atoms with Crippen LogP contribution in [-0.2, 0) is 0 Å². The molecular formula is C18H12S. The summed E-state index contributed by atoms with van der Waals surface area (Å²) in [6.07, 6.45) is 4.77. The van der Waals surface area contributed by atoms with Crippen molar-refractivity contribution in [1.29, 1.82) is 0 Å². The lowest BCUT2D eigenvalue weighted by atomic mass is 9.69. The fraction of sp³-hybridized carbons (Fsp3) is 0.111. The molecule has 2 aromatic carbocycles. The lowest BCUT2D eigenvalue weighted by Crippen LogP contribution is -2.18. The molecule has 2 unspecified atom stereocenters. The summed E-state index contributed by atoms with van der Waals surface area (Å²) in [6, 6.07) is 13.5. The number of allylic oxidation sites excluding steroid dienone is 2. The molecule has 0 aliphatic heterocycles. The fourth-order valence-electron chi connectivity index (χ4n) is 3.61. The predicted octanol–water partition coefficient (Wildman–Crippen LogP) is 5.05. The van der Waals surface area contributed by atoms with E-state index >= 15 is 0 Å². The first kappa shape index (κ1) is 9.99. The summed E-state index contributed by atoms with van der Waals surface area (Å²) < 4.78 is 0. The largest absolute Gasteiger partial charge is 0.152 e. The zero-order chi connectivity index (χ0) is 12.4. The van der Waals surface area contributed by atoms with E-state index < -0.39 is 0 Å². The summed E-state index contributed by atoms with van der Waals surface area (Å²) in [7, 11) is 0. The minimum absolute atomic E-state index is 0.478. The highest BCUT2D eigenvalue weighted by molar-refractivity contribution is 7.08. The second-order valence-corrected chi connectivity index (χ2v) is 6.19. The lowest BCUT2D eigenvalue weighted by Gasteiger charge is -2.34. The molecule has 0 amide bonds. The molecule has 1 heterocycles. The van der Waals surface area contributed by atoms with Gasteiger partial charge >= 0.3 is 0 Å². The average Bonchev–Trinajstić information content (AvgIpc) is 2.96. The third-order valence-electron chi connectivity index (χ3n) is 4.51. The minimum atomic E-state index is 0.478. The Labute approximate surface area is 116 Å². The van der Waals surface area contributed by atoms with E-state index in [9.17, 15) is 0 Å². The van der Waals surface area contributed by atoms with Crippen molar-refractivity contribution in [2.75, 3.05) is 0 Å². The van der Waals surface area contributed by atoms with E-state index in [1.165, 1.54) is 33.0 Å². The minimum Gasteiger partial charge on any atom is -0.152 e. The van der Waals surface area contributed by atoms with Gasteiger partial charge in [0.05, 0.1) is 0 Å². The van der Waals surface area contributed by atoms with E-state index in [4.69, 9.17) is 0 Å². The molecule has 0 N–H and O–H groups in total. The first-order valence-electron chi connectivity index (χ1n) is 6.69. The molecule has 3 aromatic rings. The molecule has 0 saturated carbocycles. The highest BCUT2D eigenvalue weighted by Crippen LogP contribution is 2.50. The molecule has 3 aliphatic carbocycles. The maximum absolute atomic E-state index is 2.40. The van der Waals surface area contributed by atoms with E-state index in [0.29, 0.717) is 11.8 Å². The third kappa shape index (κ3) is 1.19. The maximum Gasteiger partial charge on any atom is 0.0284 e. The van der Waals surface area contributed by atoms with Crippen molar-refractivity contribution in [3.05, 3.63) is 81.6 Å². The number of thiophene rings is 1. The molecule has 2 atom stereocenters. The Kier molecular flexibility index (Phi) is 1.77. The van der Waals surface area contributed by atoms with Gasteiger partial charge in [0.2, 0.25) is 0 Å². The number of benzene rings is 2. The van der Waals surface area contributed by atoms with Crippen LogP contribution in [0.2, 0.25) is 0 Å². The van der Waals surface area contributed by atoms with Gasteiger partial charge in [-0.05, 0) is 55.9 Å². The van der Waals surface area contributed by atoms with Gasteiger partial charge in [-0.15, -0.1) is 0 Å². The van der Waals surface area contributed by atoms with Crippen molar-refractivity contribution in [2.24, 2.45) is 0 Å². The van der Waals surface area contributed by atoms with Gasteiger partial charge in [-0.1, -0.05) is 36.4 Å². The van der Waals surface area contributed by atoms with Crippen LogP contribution in [-0.4, -0.2) is 0 Å². The standard InChI is InChI=1S/C18H12S/c1-2-4-12-8-16-14-6-5-13(15(16)7-11(12)3-1)17-9-19-10-18(14)17/h1-10,13-14H. The molecule has 3 aliphatic rings. The Morgan fingerprint density at radius 3 is 1.74 bits per heavy atom. The number of hydrogen-bond donors (Lipinski definition) is 0. The van der Waals surface area contributed by atoms with Crippen LogP contribution in [0.15, 0.2) is 59.3 Å². The molecule has 6 rings (SSSR count).